The number of hydrogen-bond acceptors (Lipinski definition) is 2. The van der Waals surface area contributed by atoms with E-state index in [1.165, 1.54) is 0 Å². The summed E-state index contributed by atoms with van der Waals surface area (Å²) in [7, 11) is 0. The van der Waals surface area contributed by atoms with Gasteiger partial charge in [-0.15, -0.1) is 0 Å². The van der Waals surface area contributed by atoms with Gasteiger partial charge in [0.15, 0.2) is 0 Å². The molecule has 21 heavy (non-hydrogen) atoms. The van der Waals surface area contributed by atoms with Crippen molar-refractivity contribution in [3.63, 3.8) is 0 Å². The first-order chi connectivity index (χ1) is 9.94. The fraction of sp³-hybridized carbons (Fsp3) is 0.562. The number of carbonyl (C=O) groups is 1. The third kappa shape index (κ3) is 3.01. The van der Waals surface area contributed by atoms with Crippen LogP contribution in [0.3, 0.4) is 0 Å². The summed E-state index contributed by atoms with van der Waals surface area (Å²) in [5, 5.41) is 9.53. The summed E-state index contributed by atoms with van der Waals surface area (Å²) in [6.07, 6.45) is 0.929. The maximum Gasteiger partial charge on any atom is 0.248 e. The third-order valence-electron chi connectivity index (χ3n) is 4.58. The molecule has 0 spiro atoms. The third-order valence-corrected chi connectivity index (χ3v) is 4.58. The lowest BCUT2D eigenvalue weighted by atomic mass is 9.85. The predicted molar refractivity (Wildman–Crippen MR) is 74.1 cm³/mol. The highest BCUT2D eigenvalue weighted by Crippen LogP contribution is 2.37. The first kappa shape index (κ1) is 14.3. The molecule has 1 saturated carbocycles. The smallest absolute Gasteiger partial charge is 0.248 e. The summed E-state index contributed by atoms with van der Waals surface area (Å²) in [5.41, 5.74) is 2.10. The van der Waals surface area contributed by atoms with E-state index in [2.05, 4.69) is 0 Å². The van der Waals surface area contributed by atoms with Gasteiger partial charge in [0, 0.05) is 31.8 Å². The zero-order valence-corrected chi connectivity index (χ0v) is 11.8. The fourth-order valence-corrected chi connectivity index (χ4v) is 3.28. The maximum absolute atomic E-state index is 13.2. The van der Waals surface area contributed by atoms with Crippen LogP contribution in [0.15, 0.2) is 18.2 Å². The molecule has 1 aromatic rings. The monoisotopic (exact) mass is 295 g/mol. The Morgan fingerprint density at radius 3 is 2.67 bits per heavy atom. The molecule has 0 aromatic heterocycles. The molecule has 3 rings (SSSR count). The molecule has 5 heteroatoms. The van der Waals surface area contributed by atoms with Crippen molar-refractivity contribution in [3.8, 4) is 5.75 Å². The van der Waals surface area contributed by atoms with Gasteiger partial charge in [-0.2, -0.15) is 0 Å². The highest BCUT2D eigenvalue weighted by Gasteiger charge is 2.39. The Kier molecular flexibility index (Phi) is 3.59. The van der Waals surface area contributed by atoms with Gasteiger partial charge in [0.25, 0.3) is 0 Å². The van der Waals surface area contributed by atoms with Crippen molar-refractivity contribution < 1.29 is 18.7 Å². The van der Waals surface area contributed by atoms with Crippen LogP contribution in [0, 0.1) is 5.92 Å². The first-order valence-corrected chi connectivity index (χ1v) is 7.42. The SMILES string of the molecule is O=C(C1CCC(F)(F)CC1)N1CCc2ccc(O)cc2C1. The van der Waals surface area contributed by atoms with Crippen LogP contribution in [-0.2, 0) is 17.8 Å². The second-order valence-corrected chi connectivity index (χ2v) is 6.09. The molecule has 0 saturated heterocycles. The Bertz CT molecular complexity index is 549. The number of rotatable bonds is 1. The zero-order valence-electron chi connectivity index (χ0n) is 11.8. The number of alkyl halides is 2. The van der Waals surface area contributed by atoms with Crippen LogP contribution in [0.25, 0.3) is 0 Å². The summed E-state index contributed by atoms with van der Waals surface area (Å²) in [5.74, 6) is -2.69. The highest BCUT2D eigenvalue weighted by molar-refractivity contribution is 5.79. The summed E-state index contributed by atoms with van der Waals surface area (Å²) >= 11 is 0. The van der Waals surface area contributed by atoms with E-state index in [9.17, 15) is 18.7 Å². The second-order valence-electron chi connectivity index (χ2n) is 6.09. The topological polar surface area (TPSA) is 40.5 Å². The molecule has 0 radical (unpaired) electrons. The van der Waals surface area contributed by atoms with Gasteiger partial charge in [-0.1, -0.05) is 6.07 Å². The van der Waals surface area contributed by atoms with E-state index in [1.54, 1.807) is 17.0 Å². The second kappa shape index (κ2) is 5.28. The van der Waals surface area contributed by atoms with Crippen molar-refractivity contribution in [2.24, 2.45) is 5.92 Å². The average Bonchev–Trinajstić information content (AvgIpc) is 2.45. The van der Waals surface area contributed by atoms with Crippen LogP contribution >= 0.6 is 0 Å². The molecule has 1 amide bonds. The molecule has 2 aliphatic rings. The Labute approximate surface area is 122 Å². The van der Waals surface area contributed by atoms with Crippen LogP contribution < -0.4 is 0 Å². The van der Waals surface area contributed by atoms with Crippen molar-refractivity contribution in [1.82, 2.24) is 4.90 Å². The lowest BCUT2D eigenvalue weighted by molar-refractivity contribution is -0.140. The number of carbonyl (C=O) groups excluding carboxylic acids is 1. The first-order valence-electron chi connectivity index (χ1n) is 7.42. The number of phenolic OH excluding ortho intramolecular Hbond substituents is 1. The van der Waals surface area contributed by atoms with Gasteiger partial charge in [-0.3, -0.25) is 4.79 Å². The molecule has 3 nitrogen and oxygen atoms in total. The Morgan fingerprint density at radius 2 is 1.95 bits per heavy atom. The molecule has 114 valence electrons. The molecule has 1 N–H and O–H groups in total. The molecule has 0 unspecified atom stereocenters. The van der Waals surface area contributed by atoms with E-state index < -0.39 is 5.92 Å². The van der Waals surface area contributed by atoms with Gasteiger partial charge in [0.2, 0.25) is 11.8 Å². The fourth-order valence-electron chi connectivity index (χ4n) is 3.28. The summed E-state index contributed by atoms with van der Waals surface area (Å²) < 4.78 is 26.3. The minimum atomic E-state index is -2.60. The minimum absolute atomic E-state index is 0.0144. The van der Waals surface area contributed by atoms with Gasteiger partial charge in [0.05, 0.1) is 0 Å². The van der Waals surface area contributed by atoms with Crippen molar-refractivity contribution in [1.29, 1.82) is 0 Å². The van der Waals surface area contributed by atoms with Gasteiger partial charge < -0.3 is 10.0 Å². The van der Waals surface area contributed by atoms with E-state index in [-0.39, 0.29) is 43.3 Å². The van der Waals surface area contributed by atoms with E-state index in [0.717, 1.165) is 17.5 Å². The summed E-state index contributed by atoms with van der Waals surface area (Å²) in [4.78, 5) is 14.2. The van der Waals surface area contributed by atoms with Gasteiger partial charge in [0.1, 0.15) is 5.75 Å². The number of fused-ring (bicyclic) bond motifs is 1. The lowest BCUT2D eigenvalue weighted by Crippen LogP contribution is -2.41. The molecule has 0 atom stereocenters. The Hall–Kier alpha value is -1.65. The molecule has 1 aliphatic carbocycles. The molecule has 1 fully saturated rings. The van der Waals surface area contributed by atoms with Crippen LogP contribution in [0.5, 0.6) is 5.75 Å². The Balaban J connectivity index is 1.67. The van der Waals surface area contributed by atoms with Crippen molar-refractivity contribution >= 4 is 5.91 Å². The van der Waals surface area contributed by atoms with E-state index in [4.69, 9.17) is 0 Å². The van der Waals surface area contributed by atoms with Crippen LogP contribution in [0.1, 0.15) is 36.8 Å². The number of benzene rings is 1. The molecule has 1 aromatic carbocycles. The van der Waals surface area contributed by atoms with E-state index >= 15 is 0 Å². The highest BCUT2D eigenvalue weighted by atomic mass is 19.3. The number of phenols is 1. The van der Waals surface area contributed by atoms with Crippen molar-refractivity contribution in [3.05, 3.63) is 29.3 Å². The number of halogens is 2. The predicted octanol–water partition coefficient (Wildman–Crippen LogP) is 3.10. The molecular weight excluding hydrogens is 276 g/mol. The van der Waals surface area contributed by atoms with Crippen LogP contribution in [0.2, 0.25) is 0 Å². The molecule has 0 bridgehead atoms. The standard InChI is InChI=1S/C16H19F2NO2/c17-16(18)6-3-12(4-7-16)15(21)19-8-5-11-1-2-14(20)9-13(11)10-19/h1-2,9,12,20H,3-8,10H2. The van der Waals surface area contributed by atoms with Gasteiger partial charge >= 0.3 is 0 Å². The quantitative estimate of drug-likeness (QED) is 0.865. The van der Waals surface area contributed by atoms with Gasteiger partial charge in [-0.05, 0) is 42.5 Å². The summed E-state index contributed by atoms with van der Waals surface area (Å²) in [6, 6.07) is 5.22. The molecule has 1 aliphatic heterocycles. The maximum atomic E-state index is 13.2. The van der Waals surface area contributed by atoms with E-state index in [1.807, 2.05) is 6.07 Å². The van der Waals surface area contributed by atoms with Crippen LogP contribution in [-0.4, -0.2) is 28.4 Å². The number of amides is 1. The number of nitrogens with zero attached hydrogens (tertiary/aromatic N) is 1. The minimum Gasteiger partial charge on any atom is -0.508 e. The van der Waals surface area contributed by atoms with E-state index in [0.29, 0.717) is 13.1 Å². The largest absolute Gasteiger partial charge is 0.508 e. The number of aromatic hydroxyl groups is 1. The Morgan fingerprint density at radius 1 is 1.24 bits per heavy atom. The van der Waals surface area contributed by atoms with Gasteiger partial charge in [-0.25, -0.2) is 8.78 Å². The zero-order chi connectivity index (χ0) is 15.0. The normalized spacial score (nSPS) is 21.9. The number of hydrogen-bond donors (Lipinski definition) is 1. The van der Waals surface area contributed by atoms with Crippen molar-refractivity contribution in [2.45, 2.75) is 44.6 Å². The molecule has 1 heterocycles. The van der Waals surface area contributed by atoms with Crippen LogP contribution in [0.4, 0.5) is 8.78 Å². The molecular formula is C16H19F2NO2. The van der Waals surface area contributed by atoms with Crippen molar-refractivity contribution in [2.75, 3.05) is 6.54 Å². The summed E-state index contributed by atoms with van der Waals surface area (Å²) in [6.45, 7) is 1.10. The average molecular weight is 295 g/mol. The lowest BCUT2D eigenvalue weighted by Gasteiger charge is -2.34.